The van der Waals surface area contributed by atoms with Gasteiger partial charge in [-0.15, -0.1) is 0 Å². The lowest BCUT2D eigenvalue weighted by molar-refractivity contribution is -0.141. The van der Waals surface area contributed by atoms with Crippen LogP contribution in [0, 0.1) is 5.92 Å². The van der Waals surface area contributed by atoms with Gasteiger partial charge in [-0.3, -0.25) is 9.78 Å². The van der Waals surface area contributed by atoms with E-state index >= 15 is 0 Å². The Labute approximate surface area is 130 Å². The lowest BCUT2D eigenvalue weighted by Crippen LogP contribution is -2.51. The summed E-state index contributed by atoms with van der Waals surface area (Å²) in [7, 11) is 0. The van der Waals surface area contributed by atoms with Gasteiger partial charge in [0.15, 0.2) is 0 Å². The second-order valence-electron chi connectivity index (χ2n) is 6.59. The predicted molar refractivity (Wildman–Crippen MR) is 80.5 cm³/mol. The van der Waals surface area contributed by atoms with E-state index in [0.29, 0.717) is 24.6 Å². The fraction of sp³-hybridized carbons (Fsp3) is 0.647. The lowest BCUT2D eigenvalue weighted by Gasteiger charge is -2.40. The van der Waals surface area contributed by atoms with Crippen molar-refractivity contribution in [2.24, 2.45) is 5.92 Å². The maximum Gasteiger partial charge on any atom is 0.228 e. The number of amides is 1. The smallest absolute Gasteiger partial charge is 0.228 e. The maximum absolute atomic E-state index is 12.7. The van der Waals surface area contributed by atoms with Gasteiger partial charge in [-0.1, -0.05) is 0 Å². The second kappa shape index (κ2) is 5.88. The average molecular weight is 302 g/mol. The Bertz CT molecular complexity index is 516. The third-order valence-corrected chi connectivity index (χ3v) is 5.16. The number of carbonyl (C=O) groups is 1. The Morgan fingerprint density at radius 3 is 2.73 bits per heavy atom. The molecule has 5 nitrogen and oxygen atoms in total. The van der Waals surface area contributed by atoms with Crippen LogP contribution in [0.15, 0.2) is 24.5 Å². The summed E-state index contributed by atoms with van der Waals surface area (Å²) < 4.78 is 11.4. The summed E-state index contributed by atoms with van der Waals surface area (Å²) in [6, 6.07) is 4.52. The molecule has 3 saturated heterocycles. The summed E-state index contributed by atoms with van der Waals surface area (Å²) in [6.07, 6.45) is 8.68. The number of ether oxygens (including phenoxy) is 2. The molecule has 4 heterocycles. The van der Waals surface area contributed by atoms with E-state index in [1.807, 2.05) is 12.1 Å². The minimum Gasteiger partial charge on any atom is -0.489 e. The zero-order valence-electron chi connectivity index (χ0n) is 12.7. The molecule has 1 aromatic heterocycles. The number of piperidine rings is 1. The predicted octanol–water partition coefficient (Wildman–Crippen LogP) is 2.02. The van der Waals surface area contributed by atoms with Gasteiger partial charge in [-0.2, -0.15) is 0 Å². The summed E-state index contributed by atoms with van der Waals surface area (Å²) in [5, 5.41) is 0. The molecule has 0 aromatic carbocycles. The standard InChI is InChI=1S/C17H22N2O3/c20-17(12-5-7-21-11-12)19-13-3-4-14(19)9-16(8-13)22-15-2-1-6-18-10-15/h1-2,6,10,12-14,16H,3-5,7-9,11H2. The van der Waals surface area contributed by atoms with Crippen LogP contribution < -0.4 is 4.74 Å². The fourth-order valence-electron chi connectivity index (χ4n) is 4.13. The van der Waals surface area contributed by atoms with Gasteiger partial charge in [-0.05, 0) is 31.4 Å². The van der Waals surface area contributed by atoms with Gasteiger partial charge in [0.05, 0.1) is 18.7 Å². The van der Waals surface area contributed by atoms with Crippen molar-refractivity contribution in [3.63, 3.8) is 0 Å². The summed E-state index contributed by atoms with van der Waals surface area (Å²) in [5.41, 5.74) is 0. The maximum atomic E-state index is 12.7. The molecule has 1 amide bonds. The van der Waals surface area contributed by atoms with Crippen molar-refractivity contribution in [2.45, 2.75) is 50.3 Å². The number of rotatable bonds is 3. The van der Waals surface area contributed by atoms with Gasteiger partial charge in [0.1, 0.15) is 11.9 Å². The summed E-state index contributed by atoms with van der Waals surface area (Å²) in [4.78, 5) is 19.0. The van der Waals surface area contributed by atoms with Crippen molar-refractivity contribution < 1.29 is 14.3 Å². The highest BCUT2D eigenvalue weighted by Gasteiger charge is 2.45. The van der Waals surface area contributed by atoms with Gasteiger partial charge >= 0.3 is 0 Å². The van der Waals surface area contributed by atoms with Gasteiger partial charge in [0, 0.05) is 37.7 Å². The number of pyridine rings is 1. The van der Waals surface area contributed by atoms with E-state index in [9.17, 15) is 4.79 Å². The average Bonchev–Trinajstić information content (AvgIpc) is 3.15. The van der Waals surface area contributed by atoms with Crippen LogP contribution >= 0.6 is 0 Å². The first-order valence-electron chi connectivity index (χ1n) is 8.28. The highest BCUT2D eigenvalue weighted by Crippen LogP contribution is 2.38. The summed E-state index contributed by atoms with van der Waals surface area (Å²) >= 11 is 0. The largest absolute Gasteiger partial charge is 0.489 e. The molecule has 0 saturated carbocycles. The van der Waals surface area contributed by atoms with Crippen LogP contribution in [0.5, 0.6) is 5.75 Å². The Morgan fingerprint density at radius 2 is 2.09 bits per heavy atom. The van der Waals surface area contributed by atoms with Gasteiger partial charge < -0.3 is 14.4 Å². The van der Waals surface area contributed by atoms with E-state index < -0.39 is 0 Å². The first-order valence-corrected chi connectivity index (χ1v) is 8.28. The Balaban J connectivity index is 1.42. The van der Waals surface area contributed by atoms with Gasteiger partial charge in [0.25, 0.3) is 0 Å². The minimum atomic E-state index is 0.0823. The van der Waals surface area contributed by atoms with Crippen LogP contribution in [0.2, 0.25) is 0 Å². The molecule has 4 rings (SSSR count). The molecular weight excluding hydrogens is 280 g/mol. The minimum absolute atomic E-state index is 0.0823. The van der Waals surface area contributed by atoms with Crippen LogP contribution in [0.3, 0.4) is 0 Å². The number of hydrogen-bond donors (Lipinski definition) is 0. The van der Waals surface area contributed by atoms with Crippen LogP contribution in [0.1, 0.15) is 32.1 Å². The molecule has 5 heteroatoms. The number of hydrogen-bond acceptors (Lipinski definition) is 4. The molecule has 3 unspecified atom stereocenters. The first-order chi connectivity index (χ1) is 10.8. The normalized spacial score (nSPS) is 33.9. The molecule has 0 N–H and O–H groups in total. The molecule has 3 atom stereocenters. The molecule has 3 aliphatic heterocycles. The van der Waals surface area contributed by atoms with Crippen LogP contribution in [-0.2, 0) is 9.53 Å². The highest BCUT2D eigenvalue weighted by atomic mass is 16.5. The van der Waals surface area contributed by atoms with Crippen LogP contribution in [-0.4, -0.2) is 47.2 Å². The Kier molecular flexibility index (Phi) is 3.74. The van der Waals surface area contributed by atoms with E-state index in [1.165, 1.54) is 0 Å². The molecule has 3 aliphatic rings. The van der Waals surface area contributed by atoms with Crippen molar-refractivity contribution in [2.75, 3.05) is 13.2 Å². The summed E-state index contributed by atoms with van der Waals surface area (Å²) in [6.45, 7) is 1.33. The molecule has 0 spiro atoms. The third-order valence-electron chi connectivity index (χ3n) is 5.16. The molecule has 3 fully saturated rings. The van der Waals surface area contributed by atoms with Crippen molar-refractivity contribution >= 4 is 5.91 Å². The first kappa shape index (κ1) is 14.0. The number of nitrogens with zero attached hydrogens (tertiary/aromatic N) is 2. The molecule has 0 radical (unpaired) electrons. The van der Waals surface area contributed by atoms with E-state index in [0.717, 1.165) is 44.5 Å². The van der Waals surface area contributed by atoms with Gasteiger partial charge in [0.2, 0.25) is 5.91 Å². The molecule has 2 bridgehead atoms. The topological polar surface area (TPSA) is 51.7 Å². The zero-order valence-corrected chi connectivity index (χ0v) is 12.7. The van der Waals surface area contributed by atoms with E-state index in [1.54, 1.807) is 12.4 Å². The number of fused-ring (bicyclic) bond motifs is 2. The molecule has 1 aromatic rings. The highest BCUT2D eigenvalue weighted by molar-refractivity contribution is 5.80. The van der Waals surface area contributed by atoms with Crippen molar-refractivity contribution in [3.8, 4) is 5.75 Å². The summed E-state index contributed by atoms with van der Waals surface area (Å²) in [5.74, 6) is 1.22. The molecule has 0 aliphatic carbocycles. The lowest BCUT2D eigenvalue weighted by atomic mass is 9.96. The monoisotopic (exact) mass is 302 g/mol. The number of aromatic nitrogens is 1. The molecular formula is C17H22N2O3. The zero-order chi connectivity index (χ0) is 14.9. The van der Waals surface area contributed by atoms with Crippen molar-refractivity contribution in [1.29, 1.82) is 0 Å². The van der Waals surface area contributed by atoms with Crippen LogP contribution in [0.25, 0.3) is 0 Å². The van der Waals surface area contributed by atoms with Crippen LogP contribution in [0.4, 0.5) is 0 Å². The van der Waals surface area contributed by atoms with Crippen molar-refractivity contribution in [3.05, 3.63) is 24.5 Å². The number of carbonyl (C=O) groups excluding carboxylic acids is 1. The third kappa shape index (κ3) is 2.58. The quantitative estimate of drug-likeness (QED) is 0.857. The SMILES string of the molecule is O=C(C1CCOC1)N1C2CCC1CC(Oc1cccnc1)C2. The fourth-order valence-corrected chi connectivity index (χ4v) is 4.13. The molecule has 22 heavy (non-hydrogen) atoms. The van der Waals surface area contributed by atoms with E-state index in [-0.39, 0.29) is 12.0 Å². The Morgan fingerprint density at radius 1 is 1.27 bits per heavy atom. The Hall–Kier alpha value is -1.62. The van der Waals surface area contributed by atoms with Gasteiger partial charge in [-0.25, -0.2) is 0 Å². The van der Waals surface area contributed by atoms with E-state index in [4.69, 9.17) is 9.47 Å². The van der Waals surface area contributed by atoms with E-state index in [2.05, 4.69) is 9.88 Å². The molecule has 118 valence electrons. The van der Waals surface area contributed by atoms with Crippen molar-refractivity contribution in [1.82, 2.24) is 9.88 Å². The second-order valence-corrected chi connectivity index (χ2v) is 6.59.